The highest BCUT2D eigenvalue weighted by Gasteiger charge is 2.18. The molecule has 1 heterocycles. The zero-order valence-corrected chi connectivity index (χ0v) is 14.2. The van der Waals surface area contributed by atoms with Gasteiger partial charge in [0.15, 0.2) is 0 Å². The highest BCUT2D eigenvalue weighted by molar-refractivity contribution is 7.98. The zero-order chi connectivity index (χ0) is 15.6. The maximum absolute atomic E-state index is 5.91. The van der Waals surface area contributed by atoms with Gasteiger partial charge in [-0.05, 0) is 19.4 Å². The molecule has 0 fully saturated rings. The molecule has 0 radical (unpaired) electrons. The molecule has 21 heavy (non-hydrogen) atoms. The summed E-state index contributed by atoms with van der Waals surface area (Å²) >= 11 is 1.70. The lowest BCUT2D eigenvalue weighted by Crippen LogP contribution is -2.17. The Hall–Kier alpha value is -1.55. The molecule has 0 unspecified atom stereocenters. The lowest BCUT2D eigenvalue weighted by atomic mass is 9.96. The van der Waals surface area contributed by atoms with Crippen LogP contribution in [0, 0.1) is 13.8 Å². The van der Waals surface area contributed by atoms with Crippen molar-refractivity contribution in [3.05, 3.63) is 46.8 Å². The van der Waals surface area contributed by atoms with Crippen molar-refractivity contribution in [3.8, 4) is 0 Å². The van der Waals surface area contributed by atoms with Crippen LogP contribution in [-0.4, -0.2) is 9.97 Å². The molecule has 0 saturated carbocycles. The van der Waals surface area contributed by atoms with E-state index in [9.17, 15) is 0 Å². The molecule has 2 N–H and O–H groups in total. The van der Waals surface area contributed by atoms with Crippen molar-refractivity contribution < 1.29 is 0 Å². The van der Waals surface area contributed by atoms with E-state index in [0.29, 0.717) is 5.82 Å². The second-order valence-electron chi connectivity index (χ2n) is 6.49. The van der Waals surface area contributed by atoms with Gasteiger partial charge in [-0.3, -0.25) is 0 Å². The van der Waals surface area contributed by atoms with Gasteiger partial charge >= 0.3 is 0 Å². The largest absolute Gasteiger partial charge is 0.384 e. The van der Waals surface area contributed by atoms with Gasteiger partial charge in [-0.15, -0.1) is 11.8 Å². The Bertz CT molecular complexity index is 625. The van der Waals surface area contributed by atoms with E-state index in [4.69, 9.17) is 5.73 Å². The summed E-state index contributed by atoms with van der Waals surface area (Å²) in [6.07, 6.45) is 0. The number of thioether (sulfide) groups is 1. The van der Waals surface area contributed by atoms with Crippen LogP contribution in [0.1, 0.15) is 43.3 Å². The predicted molar refractivity (Wildman–Crippen MR) is 90.6 cm³/mol. The van der Waals surface area contributed by atoms with Crippen LogP contribution in [0.3, 0.4) is 0 Å². The first kappa shape index (κ1) is 15.8. The number of anilines is 1. The summed E-state index contributed by atoms with van der Waals surface area (Å²) in [6, 6.07) is 8.47. The number of benzene rings is 1. The quantitative estimate of drug-likeness (QED) is 0.679. The van der Waals surface area contributed by atoms with Crippen LogP contribution >= 0.6 is 11.8 Å². The Morgan fingerprint density at radius 2 is 1.62 bits per heavy atom. The molecule has 112 valence electrons. The van der Waals surface area contributed by atoms with Crippen LogP contribution in [0.2, 0.25) is 0 Å². The Morgan fingerprint density at radius 1 is 1.00 bits per heavy atom. The van der Waals surface area contributed by atoms with Gasteiger partial charge in [0.25, 0.3) is 0 Å². The summed E-state index contributed by atoms with van der Waals surface area (Å²) < 4.78 is 0. The molecule has 2 aromatic rings. The first-order valence-corrected chi connectivity index (χ1v) is 8.07. The van der Waals surface area contributed by atoms with Crippen molar-refractivity contribution in [1.29, 1.82) is 0 Å². The van der Waals surface area contributed by atoms with Crippen molar-refractivity contribution >= 4 is 17.6 Å². The lowest BCUT2D eigenvalue weighted by Gasteiger charge is -2.17. The minimum Gasteiger partial charge on any atom is -0.384 e. The van der Waals surface area contributed by atoms with Crippen LogP contribution in [0.15, 0.2) is 29.3 Å². The summed E-state index contributed by atoms with van der Waals surface area (Å²) in [5, 5.41) is 0.937. The van der Waals surface area contributed by atoms with Crippen molar-refractivity contribution in [3.63, 3.8) is 0 Å². The van der Waals surface area contributed by atoms with Gasteiger partial charge in [0.2, 0.25) is 0 Å². The predicted octanol–water partition coefficient (Wildman–Crippen LogP) is 4.27. The summed E-state index contributed by atoms with van der Waals surface area (Å²) in [5.74, 6) is 2.23. The number of hydrogen-bond donors (Lipinski definition) is 1. The number of nitrogen functional groups attached to an aromatic ring is 1. The van der Waals surface area contributed by atoms with Crippen molar-refractivity contribution in [2.75, 3.05) is 5.73 Å². The summed E-state index contributed by atoms with van der Waals surface area (Å²) in [7, 11) is 0. The lowest BCUT2D eigenvalue weighted by molar-refractivity contribution is 0.540. The highest BCUT2D eigenvalue weighted by atomic mass is 32.2. The molecule has 1 aromatic carbocycles. The molecule has 1 aromatic heterocycles. The van der Waals surface area contributed by atoms with Crippen molar-refractivity contribution in [2.24, 2.45) is 0 Å². The first-order valence-electron chi connectivity index (χ1n) is 7.09. The number of aryl methyl sites for hydroxylation is 2. The molecule has 0 amide bonds. The maximum atomic E-state index is 5.91. The van der Waals surface area contributed by atoms with Crippen LogP contribution in [0.25, 0.3) is 0 Å². The minimum atomic E-state index is -0.0926. The Balaban J connectivity index is 2.18. The summed E-state index contributed by atoms with van der Waals surface area (Å²) in [4.78, 5) is 8.98. The maximum Gasteiger partial charge on any atom is 0.137 e. The summed E-state index contributed by atoms with van der Waals surface area (Å²) in [6.45, 7) is 10.5. The number of nitrogens with zero attached hydrogens (tertiary/aromatic N) is 2. The Labute approximate surface area is 131 Å². The van der Waals surface area contributed by atoms with Gasteiger partial charge in [-0.25, -0.2) is 9.97 Å². The average molecular weight is 301 g/mol. The molecular formula is C17H23N3S. The second-order valence-corrected chi connectivity index (χ2v) is 7.48. The minimum absolute atomic E-state index is 0.0926. The van der Waals surface area contributed by atoms with E-state index < -0.39 is 0 Å². The highest BCUT2D eigenvalue weighted by Crippen LogP contribution is 2.26. The van der Waals surface area contributed by atoms with Gasteiger partial charge in [-0.2, -0.15) is 0 Å². The Kier molecular flexibility index (Phi) is 4.57. The fourth-order valence-electron chi connectivity index (χ4n) is 2.16. The topological polar surface area (TPSA) is 51.8 Å². The molecule has 0 aliphatic heterocycles. The first-order chi connectivity index (χ1) is 9.74. The molecule has 0 aliphatic rings. The van der Waals surface area contributed by atoms with Crippen LogP contribution in [0.4, 0.5) is 5.82 Å². The number of hydrogen-bond acceptors (Lipinski definition) is 4. The third-order valence-electron chi connectivity index (χ3n) is 3.06. The van der Waals surface area contributed by atoms with E-state index in [2.05, 4.69) is 62.8 Å². The van der Waals surface area contributed by atoms with Gasteiger partial charge in [-0.1, -0.05) is 50.1 Å². The van der Waals surface area contributed by atoms with Gasteiger partial charge < -0.3 is 5.73 Å². The molecule has 0 aliphatic carbocycles. The van der Waals surface area contributed by atoms with E-state index in [-0.39, 0.29) is 5.41 Å². The van der Waals surface area contributed by atoms with E-state index in [1.807, 2.05) is 6.07 Å². The molecule has 2 rings (SSSR count). The SMILES string of the molecule is Cc1cc(C)cc(CSc2cc(N)nc(C(C)(C)C)n2)c1. The van der Waals surface area contributed by atoms with Crippen molar-refractivity contribution in [1.82, 2.24) is 9.97 Å². The van der Waals surface area contributed by atoms with E-state index >= 15 is 0 Å². The second kappa shape index (κ2) is 6.06. The van der Waals surface area contributed by atoms with E-state index in [0.717, 1.165) is 16.6 Å². The van der Waals surface area contributed by atoms with Crippen LogP contribution in [-0.2, 0) is 11.2 Å². The molecule has 0 bridgehead atoms. The van der Waals surface area contributed by atoms with Crippen molar-refractivity contribution in [2.45, 2.75) is 50.8 Å². The monoisotopic (exact) mass is 301 g/mol. The average Bonchev–Trinajstić information content (AvgIpc) is 2.33. The molecule has 0 atom stereocenters. The fraction of sp³-hybridized carbons (Fsp3) is 0.412. The smallest absolute Gasteiger partial charge is 0.137 e. The molecule has 0 saturated heterocycles. The normalized spacial score (nSPS) is 11.7. The van der Waals surface area contributed by atoms with Gasteiger partial charge in [0, 0.05) is 17.2 Å². The molecular weight excluding hydrogens is 278 g/mol. The summed E-state index contributed by atoms with van der Waals surface area (Å²) in [5.41, 5.74) is 9.72. The Morgan fingerprint density at radius 3 is 2.19 bits per heavy atom. The molecule has 4 heteroatoms. The zero-order valence-electron chi connectivity index (χ0n) is 13.4. The molecule has 3 nitrogen and oxygen atoms in total. The van der Waals surface area contributed by atoms with Crippen LogP contribution < -0.4 is 5.73 Å². The number of rotatable bonds is 3. The number of nitrogens with two attached hydrogens (primary N) is 1. The third kappa shape index (κ3) is 4.46. The van der Waals surface area contributed by atoms with Gasteiger partial charge in [0.1, 0.15) is 16.7 Å². The number of aromatic nitrogens is 2. The van der Waals surface area contributed by atoms with E-state index in [1.165, 1.54) is 16.7 Å². The fourth-order valence-corrected chi connectivity index (χ4v) is 3.00. The van der Waals surface area contributed by atoms with Crippen LogP contribution in [0.5, 0.6) is 0 Å². The third-order valence-corrected chi connectivity index (χ3v) is 4.04. The van der Waals surface area contributed by atoms with E-state index in [1.54, 1.807) is 11.8 Å². The van der Waals surface area contributed by atoms with Gasteiger partial charge in [0.05, 0.1) is 0 Å². The molecule has 0 spiro atoms. The standard InChI is InChI=1S/C17H23N3S/c1-11-6-12(2)8-13(7-11)10-21-15-9-14(18)19-16(20-15)17(3,4)5/h6-9H,10H2,1-5H3,(H2,18,19,20).